The largest absolute Gasteiger partial charge is 0.497 e. The molecule has 0 radical (unpaired) electrons. The summed E-state index contributed by atoms with van der Waals surface area (Å²) in [5, 5.41) is 5.93. The smallest absolute Gasteiger partial charge is 0.238 e. The van der Waals surface area contributed by atoms with Crippen molar-refractivity contribution in [1.29, 1.82) is 0 Å². The van der Waals surface area contributed by atoms with Crippen LogP contribution in [0.1, 0.15) is 20.8 Å². The Hall–Kier alpha value is -1.55. The highest BCUT2D eigenvalue weighted by atomic mass is 16.5. The Morgan fingerprint density at radius 3 is 2.65 bits per heavy atom. The topological polar surface area (TPSA) is 50.4 Å². The number of hydrogen-bond acceptors (Lipinski definition) is 3. The Kier molecular flexibility index (Phi) is 4.52. The van der Waals surface area contributed by atoms with Crippen molar-refractivity contribution < 1.29 is 9.53 Å². The third-order valence-electron chi connectivity index (χ3n) is 2.13. The number of ether oxygens (including phenoxy) is 1. The van der Waals surface area contributed by atoms with E-state index in [4.69, 9.17) is 4.74 Å². The van der Waals surface area contributed by atoms with Gasteiger partial charge in [-0.2, -0.15) is 0 Å². The van der Waals surface area contributed by atoms with Crippen LogP contribution in [0.25, 0.3) is 0 Å². The lowest BCUT2D eigenvalue weighted by Gasteiger charge is -2.20. The number of nitrogens with one attached hydrogen (secondary N) is 2. The summed E-state index contributed by atoms with van der Waals surface area (Å²) in [5.74, 6) is 0.666. The van der Waals surface area contributed by atoms with Crippen LogP contribution in [-0.2, 0) is 4.79 Å². The molecule has 0 spiro atoms. The van der Waals surface area contributed by atoms with Crippen molar-refractivity contribution >= 4 is 11.6 Å². The molecule has 0 fully saturated rings. The highest BCUT2D eigenvalue weighted by Gasteiger charge is 2.11. The van der Waals surface area contributed by atoms with Gasteiger partial charge in [-0.3, -0.25) is 4.79 Å². The molecule has 4 heteroatoms. The van der Waals surface area contributed by atoms with Gasteiger partial charge in [0.1, 0.15) is 5.75 Å². The molecule has 0 bridgehead atoms. The minimum atomic E-state index is -0.0638. The van der Waals surface area contributed by atoms with Gasteiger partial charge in [0, 0.05) is 17.3 Å². The van der Waals surface area contributed by atoms with Gasteiger partial charge in [0.2, 0.25) is 5.91 Å². The maximum atomic E-state index is 11.6. The van der Waals surface area contributed by atoms with Gasteiger partial charge in [-0.15, -0.1) is 0 Å². The summed E-state index contributed by atoms with van der Waals surface area (Å²) in [6.07, 6.45) is 0. The molecule has 2 N–H and O–H groups in total. The molecule has 0 saturated carbocycles. The average molecular weight is 236 g/mol. The summed E-state index contributed by atoms with van der Waals surface area (Å²) in [5.41, 5.74) is 0.677. The molecule has 0 aromatic heterocycles. The number of methoxy groups -OCH3 is 1. The number of anilines is 1. The van der Waals surface area contributed by atoms with Crippen LogP contribution in [0.5, 0.6) is 5.75 Å². The lowest BCUT2D eigenvalue weighted by molar-refractivity contribution is -0.115. The summed E-state index contributed by atoms with van der Waals surface area (Å²) >= 11 is 0. The summed E-state index contributed by atoms with van der Waals surface area (Å²) < 4.78 is 5.08. The van der Waals surface area contributed by atoms with Gasteiger partial charge < -0.3 is 15.4 Å². The Bertz CT molecular complexity index is 383. The Morgan fingerprint density at radius 2 is 2.06 bits per heavy atom. The predicted molar refractivity (Wildman–Crippen MR) is 69.4 cm³/mol. The number of rotatable bonds is 4. The van der Waals surface area contributed by atoms with Gasteiger partial charge in [-0.25, -0.2) is 0 Å². The van der Waals surface area contributed by atoms with E-state index >= 15 is 0 Å². The van der Waals surface area contributed by atoms with Gasteiger partial charge in [-0.1, -0.05) is 6.07 Å². The van der Waals surface area contributed by atoms with E-state index < -0.39 is 0 Å². The van der Waals surface area contributed by atoms with E-state index in [1.807, 2.05) is 39.0 Å². The van der Waals surface area contributed by atoms with Gasteiger partial charge in [0.25, 0.3) is 0 Å². The van der Waals surface area contributed by atoms with E-state index in [1.54, 1.807) is 13.2 Å². The fourth-order valence-corrected chi connectivity index (χ4v) is 1.25. The van der Waals surface area contributed by atoms with Crippen LogP contribution in [-0.4, -0.2) is 25.1 Å². The van der Waals surface area contributed by atoms with Crippen molar-refractivity contribution in [3.05, 3.63) is 24.3 Å². The third-order valence-corrected chi connectivity index (χ3v) is 2.13. The molecule has 0 atom stereocenters. The molecule has 0 heterocycles. The standard InChI is InChI=1S/C13H20N2O2/c1-13(2,3)14-9-12(16)15-10-6-5-7-11(8-10)17-4/h5-8,14H,9H2,1-4H3,(H,15,16). The van der Waals surface area contributed by atoms with Gasteiger partial charge in [-0.05, 0) is 32.9 Å². The molecule has 17 heavy (non-hydrogen) atoms. The number of hydrogen-bond donors (Lipinski definition) is 2. The molecule has 1 aromatic rings. The summed E-state index contributed by atoms with van der Waals surface area (Å²) in [4.78, 5) is 11.6. The van der Waals surface area contributed by atoms with E-state index in [0.717, 1.165) is 11.4 Å². The van der Waals surface area contributed by atoms with Crippen molar-refractivity contribution in [1.82, 2.24) is 5.32 Å². The monoisotopic (exact) mass is 236 g/mol. The molecule has 0 aliphatic heterocycles. The maximum absolute atomic E-state index is 11.6. The van der Waals surface area contributed by atoms with Crippen LogP contribution in [0.3, 0.4) is 0 Å². The van der Waals surface area contributed by atoms with Gasteiger partial charge >= 0.3 is 0 Å². The highest BCUT2D eigenvalue weighted by Crippen LogP contribution is 2.16. The quantitative estimate of drug-likeness (QED) is 0.841. The first-order valence-corrected chi connectivity index (χ1v) is 5.59. The number of amides is 1. The first kappa shape index (κ1) is 13.5. The zero-order valence-electron chi connectivity index (χ0n) is 10.8. The van der Waals surface area contributed by atoms with Crippen LogP contribution >= 0.6 is 0 Å². The lowest BCUT2D eigenvalue weighted by Crippen LogP contribution is -2.41. The molecule has 4 nitrogen and oxygen atoms in total. The molecule has 1 amide bonds. The van der Waals surface area contributed by atoms with Crippen molar-refractivity contribution in [2.75, 3.05) is 19.0 Å². The minimum Gasteiger partial charge on any atom is -0.497 e. The van der Waals surface area contributed by atoms with Crippen LogP contribution in [0.4, 0.5) is 5.69 Å². The lowest BCUT2D eigenvalue weighted by atomic mass is 10.1. The van der Waals surface area contributed by atoms with Crippen LogP contribution in [0.15, 0.2) is 24.3 Å². The predicted octanol–water partition coefficient (Wildman–Crippen LogP) is 2.02. The van der Waals surface area contributed by atoms with Crippen LogP contribution < -0.4 is 15.4 Å². The van der Waals surface area contributed by atoms with Crippen LogP contribution in [0, 0.1) is 0 Å². The zero-order chi connectivity index (χ0) is 12.9. The SMILES string of the molecule is COc1cccc(NC(=O)CNC(C)(C)C)c1. The van der Waals surface area contributed by atoms with Crippen LogP contribution in [0.2, 0.25) is 0 Å². The average Bonchev–Trinajstić information content (AvgIpc) is 2.26. The van der Waals surface area contributed by atoms with Crippen molar-refractivity contribution in [2.24, 2.45) is 0 Å². The van der Waals surface area contributed by atoms with Crippen molar-refractivity contribution in [2.45, 2.75) is 26.3 Å². The summed E-state index contributed by atoms with van der Waals surface area (Å²) in [6.45, 7) is 6.35. The molecule has 1 aromatic carbocycles. The van der Waals surface area contributed by atoms with E-state index in [1.165, 1.54) is 0 Å². The number of benzene rings is 1. The molecule has 0 aliphatic rings. The molecule has 0 aliphatic carbocycles. The van der Waals surface area contributed by atoms with Gasteiger partial charge in [0.05, 0.1) is 13.7 Å². The third kappa shape index (κ3) is 5.36. The summed E-state index contributed by atoms with van der Waals surface area (Å²) in [6, 6.07) is 7.29. The summed E-state index contributed by atoms with van der Waals surface area (Å²) in [7, 11) is 1.60. The second kappa shape index (κ2) is 5.68. The molecule has 0 unspecified atom stereocenters. The van der Waals surface area contributed by atoms with E-state index in [-0.39, 0.29) is 11.4 Å². The van der Waals surface area contributed by atoms with Crippen molar-refractivity contribution in [3.8, 4) is 5.75 Å². The molecular weight excluding hydrogens is 216 g/mol. The fraction of sp³-hybridized carbons (Fsp3) is 0.462. The second-order valence-corrected chi connectivity index (χ2v) is 4.88. The van der Waals surface area contributed by atoms with Gasteiger partial charge in [0.15, 0.2) is 0 Å². The Labute approximate surface area is 102 Å². The molecule has 0 saturated heterocycles. The Morgan fingerprint density at radius 1 is 1.35 bits per heavy atom. The first-order valence-electron chi connectivity index (χ1n) is 5.59. The maximum Gasteiger partial charge on any atom is 0.238 e. The molecule has 94 valence electrons. The zero-order valence-corrected chi connectivity index (χ0v) is 10.8. The molecular formula is C13H20N2O2. The van der Waals surface area contributed by atoms with E-state index in [0.29, 0.717) is 6.54 Å². The number of carbonyl (C=O) groups is 1. The normalized spacial score (nSPS) is 11.1. The van der Waals surface area contributed by atoms with E-state index in [9.17, 15) is 4.79 Å². The van der Waals surface area contributed by atoms with Crippen molar-refractivity contribution in [3.63, 3.8) is 0 Å². The highest BCUT2D eigenvalue weighted by molar-refractivity contribution is 5.92. The number of carbonyl (C=O) groups excluding carboxylic acids is 1. The van der Waals surface area contributed by atoms with E-state index in [2.05, 4.69) is 10.6 Å². The Balaban J connectivity index is 2.50. The molecule has 1 rings (SSSR count). The minimum absolute atomic E-state index is 0.0619. The first-order chi connectivity index (χ1) is 7.90. The second-order valence-electron chi connectivity index (χ2n) is 4.88. The fourth-order valence-electron chi connectivity index (χ4n) is 1.25.